The third-order valence-corrected chi connectivity index (χ3v) is 4.34. The zero-order valence-electron chi connectivity index (χ0n) is 16.5. The third kappa shape index (κ3) is 6.57. The van der Waals surface area contributed by atoms with E-state index >= 15 is 0 Å². The molecule has 0 radical (unpaired) electrons. The van der Waals surface area contributed by atoms with Crippen molar-refractivity contribution in [1.29, 1.82) is 0 Å². The Hall–Kier alpha value is -2.60. The van der Waals surface area contributed by atoms with Crippen LogP contribution in [0.25, 0.3) is 0 Å². The lowest BCUT2D eigenvalue weighted by atomic mass is 9.94. The van der Waals surface area contributed by atoms with Gasteiger partial charge in [-0.2, -0.15) is 0 Å². The van der Waals surface area contributed by atoms with Gasteiger partial charge in [-0.1, -0.05) is 52.0 Å². The Morgan fingerprint density at radius 2 is 1.74 bits per heavy atom. The molecular formula is C21H30N3O3+. The summed E-state index contributed by atoms with van der Waals surface area (Å²) >= 11 is 0. The van der Waals surface area contributed by atoms with Crippen molar-refractivity contribution in [3.05, 3.63) is 59.5 Å². The second kappa shape index (κ2) is 9.92. The van der Waals surface area contributed by atoms with Crippen LogP contribution in [0.15, 0.2) is 47.1 Å². The van der Waals surface area contributed by atoms with Gasteiger partial charge >= 0.3 is 5.91 Å². The Labute approximate surface area is 160 Å². The van der Waals surface area contributed by atoms with Gasteiger partial charge in [0.1, 0.15) is 6.04 Å². The molecule has 4 N–H and O–H groups in total. The fourth-order valence-electron chi connectivity index (χ4n) is 3.02. The number of carbonyl (C=O) groups excluding carboxylic acids is 2. The molecule has 1 aromatic carbocycles. The molecule has 0 fully saturated rings. The first-order valence-corrected chi connectivity index (χ1v) is 9.41. The van der Waals surface area contributed by atoms with Crippen molar-refractivity contribution in [3.63, 3.8) is 0 Å². The fourth-order valence-corrected chi connectivity index (χ4v) is 3.02. The van der Waals surface area contributed by atoms with E-state index in [-0.39, 0.29) is 24.3 Å². The maximum Gasteiger partial charge on any atom is 0.305 e. The summed E-state index contributed by atoms with van der Waals surface area (Å²) in [6, 6.07) is 12.0. The highest BCUT2D eigenvalue weighted by molar-refractivity contribution is 5.92. The molecule has 1 heterocycles. The van der Waals surface area contributed by atoms with Gasteiger partial charge in [-0.05, 0) is 30.0 Å². The van der Waals surface area contributed by atoms with Crippen LogP contribution in [0.4, 0.5) is 0 Å². The van der Waals surface area contributed by atoms with Crippen molar-refractivity contribution < 1.29 is 19.3 Å². The average molecular weight is 372 g/mol. The zero-order valence-corrected chi connectivity index (χ0v) is 16.5. The number of hydrogen-bond donors (Lipinski definition) is 3. The Morgan fingerprint density at radius 1 is 1.04 bits per heavy atom. The van der Waals surface area contributed by atoms with Crippen molar-refractivity contribution in [3.8, 4) is 0 Å². The van der Waals surface area contributed by atoms with Gasteiger partial charge in [-0.15, -0.1) is 0 Å². The maximum absolute atomic E-state index is 12.1. The van der Waals surface area contributed by atoms with E-state index in [0.29, 0.717) is 11.8 Å². The smallest absolute Gasteiger partial charge is 0.305 e. The standard InChI is InChI=1S/C21H29N3O3/c1-14(2)12-16-7-9-17(10-8-16)20(15(3)4)22-13-19(25)23-24-21(26)18-6-5-11-27-18/h5-11,14-15,20,22H,12-13H2,1-4H3,(H,23,25)(H,24,26)/p+1/t20-/m1/s1. The Kier molecular flexibility index (Phi) is 7.61. The van der Waals surface area contributed by atoms with Crippen molar-refractivity contribution >= 4 is 11.8 Å². The molecule has 1 atom stereocenters. The number of carbonyl (C=O) groups is 2. The van der Waals surface area contributed by atoms with Crippen LogP contribution in [0, 0.1) is 11.8 Å². The number of benzene rings is 1. The van der Waals surface area contributed by atoms with Crippen molar-refractivity contribution in [1.82, 2.24) is 10.9 Å². The van der Waals surface area contributed by atoms with Crippen LogP contribution in [0.3, 0.4) is 0 Å². The van der Waals surface area contributed by atoms with E-state index < -0.39 is 5.91 Å². The number of nitrogens with one attached hydrogen (secondary N) is 2. The summed E-state index contributed by atoms with van der Waals surface area (Å²) < 4.78 is 4.98. The normalized spacial score (nSPS) is 12.2. The topological polar surface area (TPSA) is 88.0 Å². The molecule has 6 nitrogen and oxygen atoms in total. The molecule has 0 aliphatic rings. The molecule has 27 heavy (non-hydrogen) atoms. The predicted octanol–water partition coefficient (Wildman–Crippen LogP) is 2.20. The van der Waals surface area contributed by atoms with E-state index in [4.69, 9.17) is 4.42 Å². The molecule has 1 aromatic heterocycles. The summed E-state index contributed by atoms with van der Waals surface area (Å²) in [5.74, 6) is 0.405. The van der Waals surface area contributed by atoms with E-state index in [1.54, 1.807) is 6.07 Å². The molecule has 2 rings (SSSR count). The van der Waals surface area contributed by atoms with Crippen molar-refractivity contribution in [2.24, 2.45) is 11.8 Å². The second-order valence-corrected chi connectivity index (χ2v) is 7.53. The number of amides is 2. The van der Waals surface area contributed by atoms with Crippen LogP contribution < -0.4 is 16.2 Å². The monoisotopic (exact) mass is 372 g/mol. The van der Waals surface area contributed by atoms with E-state index in [2.05, 4.69) is 62.8 Å². The van der Waals surface area contributed by atoms with E-state index in [1.807, 2.05) is 5.32 Å². The van der Waals surface area contributed by atoms with Gasteiger partial charge in [0.15, 0.2) is 12.3 Å². The van der Waals surface area contributed by atoms with Crippen LogP contribution >= 0.6 is 0 Å². The number of hydrogen-bond acceptors (Lipinski definition) is 3. The minimum atomic E-state index is -0.477. The van der Waals surface area contributed by atoms with Gasteiger partial charge in [0.05, 0.1) is 6.26 Å². The van der Waals surface area contributed by atoms with Crippen LogP contribution in [0.5, 0.6) is 0 Å². The quantitative estimate of drug-likeness (QED) is 0.621. The first-order chi connectivity index (χ1) is 12.9. The van der Waals surface area contributed by atoms with Gasteiger partial charge in [0, 0.05) is 11.5 Å². The Morgan fingerprint density at radius 3 is 2.30 bits per heavy atom. The number of rotatable bonds is 8. The lowest BCUT2D eigenvalue weighted by molar-refractivity contribution is -0.692. The third-order valence-electron chi connectivity index (χ3n) is 4.34. The summed E-state index contributed by atoms with van der Waals surface area (Å²) in [7, 11) is 0. The van der Waals surface area contributed by atoms with E-state index in [1.165, 1.54) is 23.5 Å². The fraction of sp³-hybridized carbons (Fsp3) is 0.429. The molecule has 2 aromatic rings. The highest BCUT2D eigenvalue weighted by Gasteiger charge is 2.21. The van der Waals surface area contributed by atoms with Crippen molar-refractivity contribution in [2.45, 2.75) is 40.2 Å². The number of nitrogens with two attached hydrogens (primary N) is 1. The summed E-state index contributed by atoms with van der Waals surface area (Å²) in [5.41, 5.74) is 7.30. The van der Waals surface area contributed by atoms with E-state index in [0.717, 1.165) is 6.42 Å². The molecule has 2 amide bonds. The Balaban J connectivity index is 1.86. The van der Waals surface area contributed by atoms with Gasteiger partial charge < -0.3 is 9.73 Å². The largest absolute Gasteiger partial charge is 0.459 e. The highest BCUT2D eigenvalue weighted by Crippen LogP contribution is 2.19. The SMILES string of the molecule is CC(C)Cc1ccc([C@H]([NH2+]CC(=O)NNC(=O)c2ccco2)C(C)C)cc1. The van der Waals surface area contributed by atoms with Crippen LogP contribution in [0.1, 0.15) is 55.4 Å². The molecule has 0 bridgehead atoms. The molecule has 0 aliphatic heterocycles. The van der Waals surface area contributed by atoms with Crippen LogP contribution in [-0.2, 0) is 11.2 Å². The highest BCUT2D eigenvalue weighted by atomic mass is 16.3. The zero-order chi connectivity index (χ0) is 19.8. The first-order valence-electron chi connectivity index (χ1n) is 9.41. The number of quaternary nitrogens is 1. The average Bonchev–Trinajstić information content (AvgIpc) is 3.15. The molecule has 0 unspecified atom stereocenters. The summed E-state index contributed by atoms with van der Waals surface area (Å²) in [5, 5.41) is 2.00. The molecular weight excluding hydrogens is 342 g/mol. The minimum Gasteiger partial charge on any atom is -0.459 e. The van der Waals surface area contributed by atoms with Gasteiger partial charge in [0.25, 0.3) is 5.91 Å². The van der Waals surface area contributed by atoms with Crippen molar-refractivity contribution in [2.75, 3.05) is 6.54 Å². The van der Waals surface area contributed by atoms with Gasteiger partial charge in [0.2, 0.25) is 0 Å². The first kappa shape index (κ1) is 20.7. The minimum absolute atomic E-state index is 0.154. The predicted molar refractivity (Wildman–Crippen MR) is 104 cm³/mol. The lowest BCUT2D eigenvalue weighted by Crippen LogP contribution is -2.88. The molecule has 0 saturated heterocycles. The maximum atomic E-state index is 12.1. The second-order valence-electron chi connectivity index (χ2n) is 7.53. The van der Waals surface area contributed by atoms with Gasteiger partial charge in [-0.25, -0.2) is 0 Å². The number of hydrazine groups is 1. The summed E-state index contributed by atoms with van der Waals surface area (Å²) in [6.45, 7) is 8.92. The molecule has 146 valence electrons. The molecule has 0 spiro atoms. The molecule has 6 heteroatoms. The number of furan rings is 1. The summed E-state index contributed by atoms with van der Waals surface area (Å²) in [6.07, 6.45) is 2.47. The van der Waals surface area contributed by atoms with Crippen LogP contribution in [-0.4, -0.2) is 18.4 Å². The lowest BCUT2D eigenvalue weighted by Gasteiger charge is -2.20. The van der Waals surface area contributed by atoms with Gasteiger partial charge in [-0.3, -0.25) is 20.4 Å². The molecule has 0 aliphatic carbocycles. The molecule has 0 saturated carbocycles. The summed E-state index contributed by atoms with van der Waals surface area (Å²) in [4.78, 5) is 23.8. The Bertz CT molecular complexity index is 722. The van der Waals surface area contributed by atoms with E-state index in [9.17, 15) is 9.59 Å². The van der Waals surface area contributed by atoms with Crippen LogP contribution in [0.2, 0.25) is 0 Å².